The molecule has 5 heterocycles. The van der Waals surface area contributed by atoms with Crippen LogP contribution in [0.3, 0.4) is 0 Å². The maximum atomic E-state index is 13.2. The van der Waals surface area contributed by atoms with E-state index in [2.05, 4.69) is 82.1 Å². The Bertz CT molecular complexity index is 1670. The lowest BCUT2D eigenvalue weighted by atomic mass is 10.2. The molecule has 7 rings (SSSR count). The number of amides is 1. The second kappa shape index (κ2) is 11.8. The van der Waals surface area contributed by atoms with Crippen LogP contribution in [0.4, 0.5) is 19.4 Å². The van der Waals surface area contributed by atoms with Crippen LogP contribution in [-0.4, -0.2) is 56.5 Å². The van der Waals surface area contributed by atoms with Crippen molar-refractivity contribution in [3.8, 4) is 34.3 Å². The molecule has 2 unspecified atom stereocenters. The number of anilines is 1. The van der Waals surface area contributed by atoms with E-state index in [4.69, 9.17) is 14.2 Å². The Morgan fingerprint density at radius 3 is 2.02 bits per heavy atom. The molecule has 2 aromatic heterocycles. The van der Waals surface area contributed by atoms with Gasteiger partial charge in [-0.05, 0) is 72.8 Å². The number of nitrogens with zero attached hydrogens (tertiary/aromatic N) is 5. The molecule has 0 spiro atoms. The van der Waals surface area contributed by atoms with Crippen molar-refractivity contribution in [3.05, 3.63) is 61.4 Å². The number of benzene rings is 2. The first-order valence-electron chi connectivity index (χ1n) is 13.0. The van der Waals surface area contributed by atoms with Crippen molar-refractivity contribution in [1.82, 2.24) is 19.1 Å². The zero-order chi connectivity index (χ0) is 29.7. The van der Waals surface area contributed by atoms with Crippen molar-refractivity contribution in [3.63, 3.8) is 0 Å². The first-order valence-corrected chi connectivity index (χ1v) is 15.7. The van der Waals surface area contributed by atoms with E-state index in [0.29, 0.717) is 18.1 Å². The van der Waals surface area contributed by atoms with E-state index in [0.717, 1.165) is 46.8 Å². The van der Waals surface area contributed by atoms with Gasteiger partial charge in [0, 0.05) is 21.3 Å². The molecule has 0 radical (unpaired) electrons. The third-order valence-corrected chi connectivity index (χ3v) is 8.39. The number of imidazole rings is 2. The summed E-state index contributed by atoms with van der Waals surface area (Å²) in [4.78, 5) is 21.9. The molecule has 0 aliphatic carbocycles. The lowest BCUT2D eigenvalue weighted by molar-refractivity contribution is 0.104. The lowest BCUT2D eigenvalue weighted by Crippen LogP contribution is -2.38. The van der Waals surface area contributed by atoms with Gasteiger partial charge in [-0.3, -0.25) is 0 Å². The van der Waals surface area contributed by atoms with Gasteiger partial charge in [-0.15, -0.1) is 0 Å². The number of carbonyl (C=O) groups excluding carboxylic acids is 1. The predicted octanol–water partition coefficient (Wildman–Crippen LogP) is 7.38. The molecule has 4 aromatic rings. The highest BCUT2D eigenvalue weighted by Gasteiger charge is 2.42. The number of cyclic esters (lactones) is 1. The van der Waals surface area contributed by atoms with Crippen LogP contribution in [0.5, 0.6) is 11.5 Å². The molecular weight excluding hydrogens is 795 g/mol. The zero-order valence-electron chi connectivity index (χ0n) is 22.3. The summed E-state index contributed by atoms with van der Waals surface area (Å²) < 4.78 is 49.9. The van der Waals surface area contributed by atoms with Crippen LogP contribution in [0.15, 0.2) is 57.7 Å². The van der Waals surface area contributed by atoms with Crippen molar-refractivity contribution in [2.75, 3.05) is 11.5 Å². The van der Waals surface area contributed by atoms with Gasteiger partial charge in [0.1, 0.15) is 51.7 Å². The van der Waals surface area contributed by atoms with Gasteiger partial charge in [0.25, 0.3) is 6.43 Å². The van der Waals surface area contributed by atoms with Gasteiger partial charge < -0.3 is 23.3 Å². The van der Waals surface area contributed by atoms with Crippen molar-refractivity contribution < 1.29 is 27.8 Å². The largest absolute Gasteiger partial charge is 0.488 e. The van der Waals surface area contributed by atoms with Gasteiger partial charge in [0.05, 0.1) is 24.2 Å². The average molecular weight is 819 g/mol. The van der Waals surface area contributed by atoms with E-state index in [-0.39, 0.29) is 24.6 Å². The number of fused-ring (bicyclic) bond motifs is 6. The molecule has 2 aromatic carbocycles. The summed E-state index contributed by atoms with van der Waals surface area (Å²) in [5.74, 6) is 3.25. The van der Waals surface area contributed by atoms with Crippen LogP contribution < -0.4 is 14.4 Å². The Morgan fingerprint density at radius 2 is 1.45 bits per heavy atom. The first-order chi connectivity index (χ1) is 20.1. The summed E-state index contributed by atoms with van der Waals surface area (Å²) >= 11 is 9.12. The second-order valence-corrected chi connectivity index (χ2v) is 13.0. The minimum Gasteiger partial charge on any atom is -0.488 e. The van der Waals surface area contributed by atoms with Crippen molar-refractivity contribution >= 4 is 66.4 Å². The van der Waals surface area contributed by atoms with Gasteiger partial charge in [-0.1, -0.05) is 31.9 Å². The van der Waals surface area contributed by atoms with Crippen LogP contribution in [0, 0.1) is 3.70 Å². The number of alkyl halides is 2. The van der Waals surface area contributed by atoms with E-state index < -0.39 is 18.6 Å². The second-order valence-electron chi connectivity index (χ2n) is 10.1. The van der Waals surface area contributed by atoms with E-state index in [1.54, 1.807) is 6.20 Å². The molecule has 220 valence electrons. The molecule has 1 fully saturated rings. The van der Waals surface area contributed by atoms with Gasteiger partial charge in [-0.2, -0.15) is 0 Å². The molecule has 1 amide bonds. The third-order valence-electron chi connectivity index (χ3n) is 6.89. The highest BCUT2D eigenvalue weighted by Crippen LogP contribution is 2.38. The van der Waals surface area contributed by atoms with Crippen molar-refractivity contribution in [1.29, 1.82) is 0 Å². The van der Waals surface area contributed by atoms with Gasteiger partial charge in [-0.25, -0.2) is 28.4 Å². The highest BCUT2D eigenvalue weighted by molar-refractivity contribution is 14.1. The fourth-order valence-corrected chi connectivity index (χ4v) is 6.36. The van der Waals surface area contributed by atoms with Crippen LogP contribution >= 0.6 is 54.5 Å². The van der Waals surface area contributed by atoms with Gasteiger partial charge in [0.15, 0.2) is 5.82 Å². The fourth-order valence-electron chi connectivity index (χ4n) is 5.11. The lowest BCUT2D eigenvalue weighted by Gasteiger charge is -2.18. The standard InChI is InChI=1S/C16H14BrF2N3O3.C12H10BrIN2O/c1-8-5-21-6-13(22-11(14(18)19)7-24-16(22)23)20-15(21)10-3-2-9(17)4-12(10)25-8;1-7-5-16-6-11(14)15-12(16)9-3-2-8(13)4-10(9)17-7/h2-4,6,8,11,14H,5,7H2,1H3;2-4,6-7H,5H2,1H3/t8?,11-;/m0./s1. The first kappa shape index (κ1) is 29.4. The fraction of sp³-hybridized carbons (Fsp3) is 0.321. The number of ether oxygens (including phenoxy) is 3. The Balaban J connectivity index is 0.000000162. The smallest absolute Gasteiger partial charge is 0.416 e. The maximum Gasteiger partial charge on any atom is 0.416 e. The number of aromatic nitrogens is 4. The Labute approximate surface area is 270 Å². The number of carbonyl (C=O) groups is 1. The minimum absolute atomic E-state index is 0.146. The van der Waals surface area contributed by atoms with Gasteiger partial charge >= 0.3 is 6.09 Å². The molecule has 3 aliphatic rings. The third kappa shape index (κ3) is 5.76. The summed E-state index contributed by atoms with van der Waals surface area (Å²) in [5, 5.41) is 0. The molecular formula is C28H24Br2F2IN5O4. The van der Waals surface area contributed by atoms with Crippen LogP contribution in [0.2, 0.25) is 0 Å². The number of rotatable bonds is 2. The molecule has 0 bridgehead atoms. The molecule has 3 atom stereocenters. The maximum absolute atomic E-state index is 13.2. The Hall–Kier alpha value is -2.72. The quantitative estimate of drug-likeness (QED) is 0.197. The number of hydrogen-bond donors (Lipinski definition) is 0. The summed E-state index contributed by atoms with van der Waals surface area (Å²) in [5.41, 5.74) is 1.79. The minimum atomic E-state index is -2.71. The number of hydrogen-bond acceptors (Lipinski definition) is 6. The van der Waals surface area contributed by atoms with E-state index in [9.17, 15) is 13.6 Å². The molecule has 14 heteroatoms. The average Bonchev–Trinajstić information content (AvgIpc) is 3.56. The van der Waals surface area contributed by atoms with E-state index >= 15 is 0 Å². The topological polar surface area (TPSA) is 83.6 Å². The summed E-state index contributed by atoms with van der Waals surface area (Å²) in [7, 11) is 0. The molecule has 42 heavy (non-hydrogen) atoms. The summed E-state index contributed by atoms with van der Waals surface area (Å²) in [6.45, 7) is 4.95. The van der Waals surface area contributed by atoms with Crippen LogP contribution in [0.1, 0.15) is 13.8 Å². The Morgan fingerprint density at radius 1 is 0.905 bits per heavy atom. The summed E-state index contributed by atoms with van der Waals surface area (Å²) in [6.07, 6.45) is 0.140. The van der Waals surface area contributed by atoms with E-state index in [1.807, 2.05) is 47.9 Å². The SMILES string of the molecule is CC1Cn2cc(I)nc2-c2ccc(Br)cc2O1.CC1Cn2cc(N3C(=O)OC[C@H]3C(F)F)nc2-c2ccc(Br)cc2O1. The van der Waals surface area contributed by atoms with E-state index in [1.165, 1.54) is 0 Å². The van der Waals surface area contributed by atoms with Crippen molar-refractivity contribution in [2.45, 2.75) is 51.6 Å². The predicted molar refractivity (Wildman–Crippen MR) is 167 cm³/mol. The molecule has 9 nitrogen and oxygen atoms in total. The monoisotopic (exact) mass is 817 g/mol. The molecule has 0 saturated carbocycles. The van der Waals surface area contributed by atoms with Crippen molar-refractivity contribution in [2.24, 2.45) is 0 Å². The zero-order valence-corrected chi connectivity index (χ0v) is 27.6. The van der Waals surface area contributed by atoms with Gasteiger partial charge in [0.2, 0.25) is 0 Å². The normalized spacial score (nSPS) is 20.5. The Kier molecular flexibility index (Phi) is 8.21. The molecule has 0 N–H and O–H groups in total. The highest BCUT2D eigenvalue weighted by atomic mass is 127. The number of halogens is 5. The molecule has 1 saturated heterocycles. The summed E-state index contributed by atoms with van der Waals surface area (Å²) in [6, 6.07) is 10.3. The molecule has 3 aliphatic heterocycles. The van der Waals surface area contributed by atoms with Crippen LogP contribution in [-0.2, 0) is 17.8 Å². The van der Waals surface area contributed by atoms with Crippen LogP contribution in [0.25, 0.3) is 22.8 Å².